The number of rotatable bonds is 7. The van der Waals surface area contributed by atoms with E-state index in [9.17, 15) is 10.1 Å². The van der Waals surface area contributed by atoms with Gasteiger partial charge in [-0.2, -0.15) is 5.26 Å². The predicted molar refractivity (Wildman–Crippen MR) is 118 cm³/mol. The molecule has 0 spiro atoms. The van der Waals surface area contributed by atoms with Gasteiger partial charge in [-0.25, -0.2) is 4.79 Å². The summed E-state index contributed by atoms with van der Waals surface area (Å²) in [5, 5.41) is 10.4. The van der Waals surface area contributed by atoms with Gasteiger partial charge in [-0.1, -0.05) is 35.9 Å². The van der Waals surface area contributed by atoms with Crippen molar-refractivity contribution in [3.8, 4) is 11.8 Å². The number of carbonyl (C=O) groups excluding carboxylic acids is 1. The van der Waals surface area contributed by atoms with Gasteiger partial charge < -0.3 is 14.0 Å². The molecular weight excluding hydrogens is 376 g/mol. The van der Waals surface area contributed by atoms with Crippen LogP contribution in [0, 0.1) is 32.1 Å². The highest BCUT2D eigenvalue weighted by Gasteiger charge is 2.16. The first kappa shape index (κ1) is 21.2. The van der Waals surface area contributed by atoms with Crippen LogP contribution in [0.4, 0.5) is 0 Å². The third-order valence-corrected chi connectivity index (χ3v) is 5.09. The van der Waals surface area contributed by atoms with E-state index in [0.29, 0.717) is 13.2 Å². The lowest BCUT2D eigenvalue weighted by molar-refractivity contribution is -0.137. The van der Waals surface area contributed by atoms with Crippen LogP contribution >= 0.6 is 0 Å². The molecule has 1 heterocycles. The average Bonchev–Trinajstić information content (AvgIpc) is 2.99. The molecule has 2 aromatic carbocycles. The van der Waals surface area contributed by atoms with E-state index in [-0.39, 0.29) is 12.2 Å². The quantitative estimate of drug-likeness (QED) is 0.313. The lowest BCUT2D eigenvalue weighted by atomic mass is 10.1. The fourth-order valence-corrected chi connectivity index (χ4v) is 3.63. The van der Waals surface area contributed by atoms with Crippen molar-refractivity contribution >= 4 is 22.9 Å². The van der Waals surface area contributed by atoms with Crippen molar-refractivity contribution in [1.82, 2.24) is 4.57 Å². The Labute approximate surface area is 177 Å². The topological polar surface area (TPSA) is 64.2 Å². The van der Waals surface area contributed by atoms with Crippen LogP contribution in [0.3, 0.4) is 0 Å². The summed E-state index contributed by atoms with van der Waals surface area (Å²) < 4.78 is 13.2. The summed E-state index contributed by atoms with van der Waals surface area (Å²) >= 11 is 0. The number of para-hydroxylation sites is 1. The first-order valence-electron chi connectivity index (χ1n) is 10.0. The fourth-order valence-electron chi connectivity index (χ4n) is 3.63. The van der Waals surface area contributed by atoms with Gasteiger partial charge >= 0.3 is 5.97 Å². The number of hydrogen-bond acceptors (Lipinski definition) is 4. The Kier molecular flexibility index (Phi) is 6.58. The summed E-state index contributed by atoms with van der Waals surface area (Å²) in [5.41, 5.74) is 5.17. The summed E-state index contributed by atoms with van der Waals surface area (Å²) in [7, 11) is 0. The van der Waals surface area contributed by atoms with Crippen molar-refractivity contribution < 1.29 is 14.3 Å². The smallest absolute Gasteiger partial charge is 0.348 e. The third-order valence-electron chi connectivity index (χ3n) is 5.09. The molecular formula is C25H26N2O3. The minimum atomic E-state index is -0.602. The van der Waals surface area contributed by atoms with Crippen LogP contribution in [0.25, 0.3) is 17.0 Å². The van der Waals surface area contributed by atoms with Gasteiger partial charge in [0.1, 0.15) is 24.0 Å². The van der Waals surface area contributed by atoms with E-state index in [4.69, 9.17) is 9.47 Å². The maximum Gasteiger partial charge on any atom is 0.348 e. The van der Waals surface area contributed by atoms with E-state index in [1.165, 1.54) is 5.56 Å². The van der Waals surface area contributed by atoms with E-state index in [0.717, 1.165) is 33.5 Å². The number of nitriles is 1. The Morgan fingerprint density at radius 1 is 1.17 bits per heavy atom. The lowest BCUT2D eigenvalue weighted by Gasteiger charge is -2.12. The fraction of sp³-hybridized carbons (Fsp3) is 0.280. The van der Waals surface area contributed by atoms with Crippen LogP contribution in [0.1, 0.15) is 29.3 Å². The second-order valence-electron chi connectivity index (χ2n) is 7.18. The number of aryl methyl sites for hydroxylation is 2. The first-order valence-corrected chi connectivity index (χ1v) is 10.0. The van der Waals surface area contributed by atoms with Crippen molar-refractivity contribution in [2.75, 3.05) is 13.2 Å². The third kappa shape index (κ3) is 4.38. The molecule has 0 saturated heterocycles. The molecule has 0 amide bonds. The van der Waals surface area contributed by atoms with Gasteiger partial charge in [0.2, 0.25) is 0 Å². The minimum Gasteiger partial charge on any atom is -0.491 e. The minimum absolute atomic E-state index is 0.00520. The Morgan fingerprint density at radius 2 is 1.93 bits per heavy atom. The van der Waals surface area contributed by atoms with Crippen LogP contribution in [0.15, 0.2) is 48.0 Å². The molecule has 0 unspecified atom stereocenters. The van der Waals surface area contributed by atoms with Gasteiger partial charge in [0.05, 0.1) is 13.2 Å². The summed E-state index contributed by atoms with van der Waals surface area (Å²) in [6.45, 7) is 9.20. The van der Waals surface area contributed by atoms with Crippen LogP contribution in [-0.4, -0.2) is 23.8 Å². The molecule has 0 bridgehead atoms. The Hall–Kier alpha value is -3.52. The van der Waals surface area contributed by atoms with Crippen molar-refractivity contribution in [3.05, 3.63) is 70.4 Å². The van der Waals surface area contributed by atoms with Crippen molar-refractivity contribution in [2.45, 2.75) is 34.2 Å². The van der Waals surface area contributed by atoms with E-state index in [1.807, 2.05) is 56.3 Å². The van der Waals surface area contributed by atoms with E-state index < -0.39 is 5.97 Å². The Morgan fingerprint density at radius 3 is 2.63 bits per heavy atom. The highest BCUT2D eigenvalue weighted by Crippen LogP contribution is 2.28. The van der Waals surface area contributed by atoms with Crippen molar-refractivity contribution in [3.63, 3.8) is 0 Å². The lowest BCUT2D eigenvalue weighted by Crippen LogP contribution is -2.10. The molecule has 0 radical (unpaired) electrons. The van der Waals surface area contributed by atoms with Gasteiger partial charge in [0.15, 0.2) is 0 Å². The summed E-state index contributed by atoms with van der Waals surface area (Å²) in [6.07, 6.45) is 1.62. The summed E-state index contributed by atoms with van der Waals surface area (Å²) in [4.78, 5) is 12.1. The first-order chi connectivity index (χ1) is 14.5. The van der Waals surface area contributed by atoms with Crippen LogP contribution < -0.4 is 4.74 Å². The van der Waals surface area contributed by atoms with E-state index in [1.54, 1.807) is 13.0 Å². The maximum atomic E-state index is 12.1. The molecule has 0 N–H and O–H groups in total. The number of carbonyl (C=O) groups is 1. The molecule has 0 saturated carbocycles. The molecule has 0 aliphatic rings. The van der Waals surface area contributed by atoms with E-state index >= 15 is 0 Å². The second-order valence-corrected chi connectivity index (χ2v) is 7.18. The molecule has 0 aliphatic heterocycles. The zero-order chi connectivity index (χ0) is 21.7. The van der Waals surface area contributed by atoms with Crippen LogP contribution in [0.2, 0.25) is 0 Å². The number of nitrogens with zero attached hydrogens (tertiary/aromatic N) is 2. The number of aromatic nitrogens is 1. The van der Waals surface area contributed by atoms with Crippen molar-refractivity contribution in [1.29, 1.82) is 5.26 Å². The number of ether oxygens (including phenoxy) is 2. The molecule has 0 fully saturated rings. The largest absolute Gasteiger partial charge is 0.491 e. The molecule has 154 valence electrons. The van der Waals surface area contributed by atoms with Gasteiger partial charge in [0.25, 0.3) is 0 Å². The highest BCUT2D eigenvalue weighted by atomic mass is 16.5. The summed E-state index contributed by atoms with van der Waals surface area (Å²) in [6, 6.07) is 16.1. The summed E-state index contributed by atoms with van der Waals surface area (Å²) in [5.74, 6) is 0.276. The molecule has 3 rings (SSSR count). The SMILES string of the molecule is CCOC(=O)/C(C#N)=C/c1c(C)n(CCOc2ccc(C)cc2C)c2ccccc12. The molecule has 0 aliphatic carbocycles. The van der Waals surface area contributed by atoms with Crippen LogP contribution in [-0.2, 0) is 16.1 Å². The Bertz CT molecular complexity index is 1150. The zero-order valence-electron chi connectivity index (χ0n) is 17.9. The number of benzene rings is 2. The van der Waals surface area contributed by atoms with Gasteiger partial charge in [-0.3, -0.25) is 0 Å². The van der Waals surface area contributed by atoms with Gasteiger partial charge in [-0.05, 0) is 51.5 Å². The maximum absolute atomic E-state index is 12.1. The van der Waals surface area contributed by atoms with E-state index in [2.05, 4.69) is 17.6 Å². The average molecular weight is 402 g/mol. The second kappa shape index (κ2) is 9.32. The number of fused-ring (bicyclic) bond motifs is 1. The number of hydrogen-bond donors (Lipinski definition) is 0. The van der Waals surface area contributed by atoms with Gasteiger partial charge in [-0.15, -0.1) is 0 Å². The van der Waals surface area contributed by atoms with Gasteiger partial charge in [0, 0.05) is 22.2 Å². The number of esters is 1. The molecule has 0 atom stereocenters. The zero-order valence-corrected chi connectivity index (χ0v) is 17.9. The molecule has 1 aromatic heterocycles. The normalized spacial score (nSPS) is 11.4. The monoisotopic (exact) mass is 402 g/mol. The molecule has 5 heteroatoms. The Balaban J connectivity index is 1.92. The van der Waals surface area contributed by atoms with Crippen molar-refractivity contribution in [2.24, 2.45) is 0 Å². The highest BCUT2D eigenvalue weighted by molar-refractivity contribution is 6.01. The standard InChI is InChI=1S/C25H26N2O3/c1-5-29-25(28)20(16-26)15-22-19(4)27(23-9-7-6-8-21(22)23)12-13-30-24-11-10-17(2)14-18(24)3/h6-11,14-15H,5,12-13H2,1-4H3/b20-15+. The predicted octanol–water partition coefficient (Wildman–Crippen LogP) is 5.12. The molecule has 30 heavy (non-hydrogen) atoms. The molecule has 3 aromatic rings. The van der Waals surface area contributed by atoms with Crippen LogP contribution in [0.5, 0.6) is 5.75 Å². The molecule has 5 nitrogen and oxygen atoms in total.